The van der Waals surface area contributed by atoms with Crippen molar-refractivity contribution in [3.63, 3.8) is 0 Å². The van der Waals surface area contributed by atoms with Crippen LogP contribution >= 0.6 is 0 Å². The van der Waals surface area contributed by atoms with Crippen LogP contribution in [-0.4, -0.2) is 18.6 Å². The Morgan fingerprint density at radius 2 is 1.88 bits per heavy atom. The summed E-state index contributed by atoms with van der Waals surface area (Å²) in [6.45, 7) is 13.3. The van der Waals surface area contributed by atoms with Crippen LogP contribution in [0.15, 0.2) is 12.1 Å². The van der Waals surface area contributed by atoms with Crippen molar-refractivity contribution in [3.8, 4) is 5.75 Å². The lowest BCUT2D eigenvalue weighted by Gasteiger charge is -2.61. The fraction of sp³-hybridized carbons (Fsp3) is 0.750. The van der Waals surface area contributed by atoms with Gasteiger partial charge in [-0.1, -0.05) is 34.1 Å². The van der Waals surface area contributed by atoms with Gasteiger partial charge < -0.3 is 16.2 Å². The molecule has 4 heteroatoms. The predicted octanol–water partition coefficient (Wildman–Crippen LogP) is 3.98. The van der Waals surface area contributed by atoms with Crippen LogP contribution in [0.1, 0.15) is 95.8 Å². The van der Waals surface area contributed by atoms with E-state index in [0.29, 0.717) is 22.5 Å². The molecule has 1 aromatic rings. The van der Waals surface area contributed by atoms with Gasteiger partial charge in [-0.3, -0.25) is 0 Å². The summed E-state index contributed by atoms with van der Waals surface area (Å²) in [6.07, 6.45) is 10.6. The van der Waals surface area contributed by atoms with Crippen LogP contribution < -0.4 is 16.2 Å². The highest BCUT2D eigenvalue weighted by Gasteiger charge is 2.61. The molecule has 3 aliphatic rings. The summed E-state index contributed by atoms with van der Waals surface area (Å²) in [5.74, 6) is 2.00. The lowest BCUT2D eigenvalue weighted by atomic mass is 9.43. The first-order valence-corrected chi connectivity index (χ1v) is 13.0. The van der Waals surface area contributed by atoms with Gasteiger partial charge in [0.2, 0.25) is 0 Å². The summed E-state index contributed by atoms with van der Waals surface area (Å²) in [5.41, 5.74) is 13.3. The van der Waals surface area contributed by atoms with Gasteiger partial charge in [-0.2, -0.15) is 0 Å². The molecule has 0 saturated heterocycles. The van der Waals surface area contributed by atoms with E-state index in [2.05, 4.69) is 58.2 Å². The quantitative estimate of drug-likeness (QED) is 0.397. The van der Waals surface area contributed by atoms with E-state index in [0.717, 1.165) is 38.1 Å². The molecule has 32 heavy (non-hydrogen) atoms. The molecule has 0 radical (unpaired) electrons. The Morgan fingerprint density at radius 3 is 2.59 bits per heavy atom. The van der Waals surface area contributed by atoms with Crippen LogP contribution in [0, 0.1) is 29.6 Å². The van der Waals surface area contributed by atoms with Gasteiger partial charge in [-0.05, 0) is 109 Å². The minimum absolute atomic E-state index is 0.198. The van der Waals surface area contributed by atoms with Crippen LogP contribution in [0.2, 0.25) is 0 Å². The Labute approximate surface area is 194 Å². The Morgan fingerprint density at radius 1 is 1.12 bits per heavy atom. The number of quaternary nitrogens is 2. The van der Waals surface area contributed by atoms with Crippen molar-refractivity contribution in [2.45, 2.75) is 104 Å². The number of carbonyl (C=O) groups excluding carboxylic acids is 1. The largest absolute Gasteiger partial charge is 0.422 e. The third-order valence-corrected chi connectivity index (χ3v) is 9.78. The van der Waals surface area contributed by atoms with Gasteiger partial charge in [-0.15, -0.1) is 0 Å². The molecular formula is C28H46N2O2+2. The van der Waals surface area contributed by atoms with E-state index < -0.39 is 0 Å². The number of aryl methyl sites for hydroxylation is 1. The van der Waals surface area contributed by atoms with Crippen LogP contribution in [-0.2, 0) is 16.6 Å². The third kappa shape index (κ3) is 3.81. The second-order valence-corrected chi connectivity index (χ2v) is 12.4. The maximum atomic E-state index is 12.6. The van der Waals surface area contributed by atoms with E-state index in [1.165, 1.54) is 43.2 Å². The minimum Gasteiger partial charge on any atom is -0.422 e. The molecule has 0 amide bonds. The zero-order valence-electron chi connectivity index (χ0n) is 21.2. The molecule has 1 aromatic carbocycles. The van der Waals surface area contributed by atoms with E-state index in [1.54, 1.807) is 5.56 Å². The summed E-state index contributed by atoms with van der Waals surface area (Å²) in [7, 11) is 0. The van der Waals surface area contributed by atoms with E-state index >= 15 is 0 Å². The van der Waals surface area contributed by atoms with Gasteiger partial charge in [0, 0.05) is 6.42 Å². The molecule has 0 spiro atoms. The first-order chi connectivity index (χ1) is 15.0. The van der Waals surface area contributed by atoms with Gasteiger partial charge in [0.1, 0.15) is 5.75 Å². The number of carbonyl (C=O) groups is 1. The highest BCUT2D eigenvalue weighted by Crippen LogP contribution is 2.67. The van der Waals surface area contributed by atoms with Crippen molar-refractivity contribution in [2.24, 2.45) is 22.7 Å². The molecular weight excluding hydrogens is 396 g/mol. The van der Waals surface area contributed by atoms with Crippen LogP contribution in [0.5, 0.6) is 5.75 Å². The molecule has 6 N–H and O–H groups in total. The molecule has 4 nitrogen and oxygen atoms in total. The monoisotopic (exact) mass is 442 g/mol. The van der Waals surface area contributed by atoms with Gasteiger partial charge in [0.05, 0.1) is 6.54 Å². The summed E-state index contributed by atoms with van der Waals surface area (Å²) < 4.78 is 5.85. The van der Waals surface area contributed by atoms with Crippen LogP contribution in [0.3, 0.4) is 0 Å². The van der Waals surface area contributed by atoms with Gasteiger partial charge in [0.25, 0.3) is 0 Å². The Balaban J connectivity index is 1.58. The molecule has 2 saturated carbocycles. The number of esters is 1. The van der Waals surface area contributed by atoms with Crippen molar-refractivity contribution in [1.29, 1.82) is 0 Å². The zero-order chi connectivity index (χ0) is 23.3. The fourth-order valence-corrected chi connectivity index (χ4v) is 8.37. The maximum absolute atomic E-state index is 12.6. The molecule has 178 valence electrons. The first kappa shape index (κ1) is 23.8. The number of rotatable bonds is 6. The number of hydrogen-bond acceptors (Lipinski definition) is 2. The number of ether oxygens (including phenoxy) is 1. The van der Waals surface area contributed by atoms with E-state index in [9.17, 15) is 4.79 Å². The normalized spacial score (nSPS) is 33.7. The number of fused-ring (bicyclic) bond motifs is 5. The van der Waals surface area contributed by atoms with Crippen molar-refractivity contribution in [2.75, 3.05) is 6.54 Å². The van der Waals surface area contributed by atoms with Crippen molar-refractivity contribution >= 4 is 5.97 Å². The second kappa shape index (κ2) is 8.43. The molecule has 0 bridgehead atoms. The Hall–Kier alpha value is -1.39. The van der Waals surface area contributed by atoms with E-state index in [-0.39, 0.29) is 17.4 Å². The number of benzene rings is 1. The molecule has 5 atom stereocenters. The van der Waals surface area contributed by atoms with Crippen molar-refractivity contribution in [3.05, 3.63) is 28.8 Å². The SMILES string of the molecule is Cc1cc(OC(=O)C([NH3+])CCCC[NH3+])cc2c1[C@]1(C)CCC3C(C)(C)CCC[C@]3(C)[C@H]1C2. The predicted molar refractivity (Wildman–Crippen MR) is 128 cm³/mol. The second-order valence-electron chi connectivity index (χ2n) is 12.4. The third-order valence-electron chi connectivity index (χ3n) is 9.78. The van der Waals surface area contributed by atoms with Crippen LogP contribution in [0.25, 0.3) is 0 Å². The van der Waals surface area contributed by atoms with Crippen molar-refractivity contribution < 1.29 is 21.0 Å². The molecule has 2 fully saturated rings. The summed E-state index contributed by atoms with van der Waals surface area (Å²) >= 11 is 0. The maximum Gasteiger partial charge on any atom is 0.370 e. The highest BCUT2D eigenvalue weighted by atomic mass is 16.5. The van der Waals surface area contributed by atoms with Crippen molar-refractivity contribution in [1.82, 2.24) is 0 Å². The molecule has 2 unspecified atom stereocenters. The average Bonchev–Trinajstić information content (AvgIpc) is 3.01. The summed E-state index contributed by atoms with van der Waals surface area (Å²) in [6, 6.07) is 3.98. The first-order valence-electron chi connectivity index (χ1n) is 13.0. The minimum atomic E-state index is -0.306. The zero-order valence-corrected chi connectivity index (χ0v) is 21.2. The lowest BCUT2D eigenvalue weighted by molar-refractivity contribution is -0.409. The topological polar surface area (TPSA) is 81.6 Å². The van der Waals surface area contributed by atoms with E-state index in [4.69, 9.17) is 4.74 Å². The molecule has 0 heterocycles. The highest BCUT2D eigenvalue weighted by molar-refractivity contribution is 5.76. The molecule has 3 aliphatic carbocycles. The lowest BCUT2D eigenvalue weighted by Crippen LogP contribution is -2.66. The van der Waals surface area contributed by atoms with Gasteiger partial charge in [0.15, 0.2) is 6.04 Å². The van der Waals surface area contributed by atoms with Gasteiger partial charge >= 0.3 is 5.97 Å². The molecule has 0 aliphatic heterocycles. The Kier molecular flexibility index (Phi) is 6.26. The average molecular weight is 443 g/mol. The molecule has 0 aromatic heterocycles. The number of unbranched alkanes of at least 4 members (excludes halogenated alkanes) is 1. The standard InChI is InChI=1S/C28H44N2O2/c1-18-15-20(32-25(31)21(30)9-6-7-14-29)16-19-17-23-27(4)12-8-11-26(2,3)22(27)10-13-28(23,5)24(18)19/h15-16,21-23H,6-14,17,29-30H2,1-5H3/p+2/t21?,22?,23-,27+,28-/m1/s1. The Bertz CT molecular complexity index is 878. The summed E-state index contributed by atoms with van der Waals surface area (Å²) in [4.78, 5) is 12.6. The number of hydrogen-bond donors (Lipinski definition) is 2. The molecule has 4 rings (SSSR count). The fourth-order valence-electron chi connectivity index (χ4n) is 8.37. The van der Waals surface area contributed by atoms with E-state index in [1.807, 2.05) is 0 Å². The van der Waals surface area contributed by atoms with Crippen LogP contribution in [0.4, 0.5) is 0 Å². The van der Waals surface area contributed by atoms with Gasteiger partial charge in [-0.25, -0.2) is 4.79 Å². The summed E-state index contributed by atoms with van der Waals surface area (Å²) in [5, 5.41) is 0. The smallest absolute Gasteiger partial charge is 0.370 e.